The first kappa shape index (κ1) is 13.8. The van der Waals surface area contributed by atoms with Crippen molar-refractivity contribution in [2.45, 2.75) is 32.6 Å². The number of unbranched alkanes of at least 4 members (excludes halogenated alkanes) is 1. The average molecular weight is 262 g/mol. The zero-order valence-electron chi connectivity index (χ0n) is 11.5. The topological polar surface area (TPSA) is 58.1 Å². The molecule has 1 N–H and O–H groups in total. The summed E-state index contributed by atoms with van der Waals surface area (Å²) in [4.78, 5) is 22.5. The molecule has 1 saturated heterocycles. The Kier molecular flexibility index (Phi) is 5.12. The molecule has 0 aliphatic carbocycles. The number of amides is 1. The fourth-order valence-electron chi connectivity index (χ4n) is 2.36. The van der Waals surface area contributed by atoms with Crippen LogP contribution >= 0.6 is 0 Å². The van der Waals surface area contributed by atoms with Crippen LogP contribution in [0, 0.1) is 5.92 Å². The van der Waals surface area contributed by atoms with E-state index in [2.05, 4.69) is 27.1 Å². The highest BCUT2D eigenvalue weighted by atomic mass is 16.1. The molecule has 0 atom stereocenters. The number of nitrogens with zero attached hydrogens (tertiary/aromatic N) is 3. The molecule has 1 amide bonds. The highest BCUT2D eigenvalue weighted by molar-refractivity contribution is 5.78. The number of hydrogen-bond donors (Lipinski definition) is 1. The maximum atomic E-state index is 12.0. The Bertz CT molecular complexity index is 388. The second-order valence-electron chi connectivity index (χ2n) is 4.97. The van der Waals surface area contributed by atoms with Crippen LogP contribution in [0.4, 0.5) is 5.82 Å². The Hall–Kier alpha value is -1.65. The zero-order valence-corrected chi connectivity index (χ0v) is 11.5. The highest BCUT2D eigenvalue weighted by Gasteiger charge is 2.25. The predicted molar refractivity (Wildman–Crippen MR) is 74.9 cm³/mol. The van der Waals surface area contributed by atoms with Gasteiger partial charge in [-0.2, -0.15) is 0 Å². The summed E-state index contributed by atoms with van der Waals surface area (Å²) in [6.07, 6.45) is 9.14. The van der Waals surface area contributed by atoms with Crippen molar-refractivity contribution in [1.82, 2.24) is 15.3 Å². The summed E-state index contributed by atoms with van der Waals surface area (Å²) < 4.78 is 0. The van der Waals surface area contributed by atoms with Gasteiger partial charge in [0.25, 0.3) is 0 Å². The molecule has 0 aromatic carbocycles. The lowest BCUT2D eigenvalue weighted by atomic mass is 9.96. The summed E-state index contributed by atoms with van der Waals surface area (Å²) in [6.45, 7) is 4.69. The van der Waals surface area contributed by atoms with Gasteiger partial charge in [-0.1, -0.05) is 13.3 Å². The zero-order chi connectivity index (χ0) is 13.5. The minimum Gasteiger partial charge on any atom is -0.356 e. The molecule has 0 radical (unpaired) electrons. The molecule has 2 heterocycles. The average Bonchev–Trinajstić information content (AvgIpc) is 2.48. The molecule has 104 valence electrons. The Labute approximate surface area is 114 Å². The summed E-state index contributed by atoms with van der Waals surface area (Å²) in [6, 6.07) is 0. The van der Waals surface area contributed by atoms with E-state index in [1.54, 1.807) is 18.6 Å². The third kappa shape index (κ3) is 3.91. The highest BCUT2D eigenvalue weighted by Crippen LogP contribution is 2.21. The van der Waals surface area contributed by atoms with Crippen molar-refractivity contribution in [1.29, 1.82) is 0 Å². The van der Waals surface area contributed by atoms with Gasteiger partial charge in [0.05, 0.1) is 6.20 Å². The smallest absolute Gasteiger partial charge is 0.223 e. The van der Waals surface area contributed by atoms with Crippen LogP contribution in [0.2, 0.25) is 0 Å². The second kappa shape index (κ2) is 7.07. The fraction of sp³-hybridized carbons (Fsp3) is 0.643. The molecule has 1 aliphatic rings. The predicted octanol–water partition coefficient (Wildman–Crippen LogP) is 1.61. The molecule has 1 aliphatic heterocycles. The third-order valence-corrected chi connectivity index (χ3v) is 3.57. The molecule has 0 saturated carbocycles. The minimum absolute atomic E-state index is 0.157. The number of carbonyl (C=O) groups is 1. The molecule has 5 heteroatoms. The van der Waals surface area contributed by atoms with Gasteiger partial charge in [-0.25, -0.2) is 4.98 Å². The number of piperidine rings is 1. The van der Waals surface area contributed by atoms with Crippen molar-refractivity contribution in [2.24, 2.45) is 5.92 Å². The van der Waals surface area contributed by atoms with E-state index >= 15 is 0 Å². The van der Waals surface area contributed by atoms with Gasteiger partial charge in [0.1, 0.15) is 5.82 Å². The number of aromatic nitrogens is 2. The molecule has 1 aromatic heterocycles. The van der Waals surface area contributed by atoms with Gasteiger partial charge in [-0.15, -0.1) is 0 Å². The van der Waals surface area contributed by atoms with Crippen LogP contribution in [0.25, 0.3) is 0 Å². The first-order valence-electron chi connectivity index (χ1n) is 7.10. The quantitative estimate of drug-likeness (QED) is 0.819. The third-order valence-electron chi connectivity index (χ3n) is 3.57. The lowest BCUT2D eigenvalue weighted by Gasteiger charge is -2.31. The van der Waals surface area contributed by atoms with Crippen LogP contribution < -0.4 is 10.2 Å². The summed E-state index contributed by atoms with van der Waals surface area (Å²) in [5, 5.41) is 3.02. The van der Waals surface area contributed by atoms with E-state index in [0.717, 1.165) is 51.1 Å². The van der Waals surface area contributed by atoms with Gasteiger partial charge >= 0.3 is 0 Å². The van der Waals surface area contributed by atoms with Crippen LogP contribution in [-0.2, 0) is 4.79 Å². The summed E-state index contributed by atoms with van der Waals surface area (Å²) in [7, 11) is 0. The van der Waals surface area contributed by atoms with E-state index in [1.807, 2.05) is 0 Å². The van der Waals surface area contributed by atoms with Crippen molar-refractivity contribution in [3.8, 4) is 0 Å². The monoisotopic (exact) mass is 262 g/mol. The number of hydrogen-bond acceptors (Lipinski definition) is 4. The van der Waals surface area contributed by atoms with Crippen molar-refractivity contribution >= 4 is 11.7 Å². The number of carbonyl (C=O) groups excluding carboxylic acids is 1. The molecule has 0 bridgehead atoms. The standard InChI is InChI=1S/C14H22N4O/c1-2-3-6-17-14(19)12-4-9-18(10-5-12)13-11-15-7-8-16-13/h7-8,11-12H,2-6,9-10H2,1H3,(H,17,19). The molecule has 0 spiro atoms. The molecular formula is C14H22N4O. The Morgan fingerprint density at radius 3 is 2.84 bits per heavy atom. The molecule has 2 rings (SSSR count). The van der Waals surface area contributed by atoms with Crippen LogP contribution in [0.1, 0.15) is 32.6 Å². The lowest BCUT2D eigenvalue weighted by molar-refractivity contribution is -0.125. The van der Waals surface area contributed by atoms with Crippen molar-refractivity contribution in [3.05, 3.63) is 18.6 Å². The van der Waals surface area contributed by atoms with Crippen molar-refractivity contribution in [2.75, 3.05) is 24.5 Å². The summed E-state index contributed by atoms with van der Waals surface area (Å²) >= 11 is 0. The number of anilines is 1. The van der Waals surface area contributed by atoms with Crippen molar-refractivity contribution < 1.29 is 4.79 Å². The maximum Gasteiger partial charge on any atom is 0.223 e. The Morgan fingerprint density at radius 1 is 1.42 bits per heavy atom. The Balaban J connectivity index is 1.77. The van der Waals surface area contributed by atoms with Crippen LogP contribution in [0.15, 0.2) is 18.6 Å². The fourth-order valence-corrected chi connectivity index (χ4v) is 2.36. The van der Waals surface area contributed by atoms with Crippen LogP contribution in [-0.4, -0.2) is 35.5 Å². The normalized spacial score (nSPS) is 16.4. The molecule has 0 unspecified atom stereocenters. The first-order valence-corrected chi connectivity index (χ1v) is 7.10. The van der Waals surface area contributed by atoms with Gasteiger partial charge in [-0.05, 0) is 19.3 Å². The van der Waals surface area contributed by atoms with E-state index in [1.165, 1.54) is 0 Å². The van der Waals surface area contributed by atoms with E-state index in [9.17, 15) is 4.79 Å². The molecule has 5 nitrogen and oxygen atoms in total. The lowest BCUT2D eigenvalue weighted by Crippen LogP contribution is -2.41. The van der Waals surface area contributed by atoms with Gasteiger partial charge in [0.2, 0.25) is 5.91 Å². The number of rotatable bonds is 5. The Morgan fingerprint density at radius 2 is 2.21 bits per heavy atom. The van der Waals surface area contributed by atoms with Crippen LogP contribution in [0.5, 0.6) is 0 Å². The van der Waals surface area contributed by atoms with E-state index in [-0.39, 0.29) is 11.8 Å². The van der Waals surface area contributed by atoms with Gasteiger partial charge in [0, 0.05) is 37.9 Å². The molecule has 1 fully saturated rings. The first-order chi connectivity index (χ1) is 9.31. The molecule has 1 aromatic rings. The van der Waals surface area contributed by atoms with Gasteiger partial charge in [0.15, 0.2) is 0 Å². The minimum atomic E-state index is 0.157. The van der Waals surface area contributed by atoms with Gasteiger partial charge in [-0.3, -0.25) is 9.78 Å². The summed E-state index contributed by atoms with van der Waals surface area (Å²) in [5.74, 6) is 1.28. The van der Waals surface area contributed by atoms with E-state index < -0.39 is 0 Å². The SMILES string of the molecule is CCCCNC(=O)C1CCN(c2cnccn2)CC1. The summed E-state index contributed by atoms with van der Waals surface area (Å²) in [5.41, 5.74) is 0. The maximum absolute atomic E-state index is 12.0. The van der Waals surface area contributed by atoms with Crippen molar-refractivity contribution in [3.63, 3.8) is 0 Å². The number of nitrogens with one attached hydrogen (secondary N) is 1. The molecular weight excluding hydrogens is 240 g/mol. The molecule has 19 heavy (non-hydrogen) atoms. The van der Waals surface area contributed by atoms with E-state index in [4.69, 9.17) is 0 Å². The van der Waals surface area contributed by atoms with E-state index in [0.29, 0.717) is 0 Å². The van der Waals surface area contributed by atoms with Gasteiger partial charge < -0.3 is 10.2 Å². The largest absolute Gasteiger partial charge is 0.356 e. The second-order valence-corrected chi connectivity index (χ2v) is 4.97. The van der Waals surface area contributed by atoms with Crippen LogP contribution in [0.3, 0.4) is 0 Å².